The highest BCUT2D eigenvalue weighted by molar-refractivity contribution is 8.04. The van der Waals surface area contributed by atoms with Crippen LogP contribution in [0.5, 0.6) is 0 Å². The molecule has 1 fully saturated rings. The molecule has 0 aromatic carbocycles. The summed E-state index contributed by atoms with van der Waals surface area (Å²) in [5.41, 5.74) is 5.12. The molecule has 6 nitrogen and oxygen atoms in total. The zero-order valence-corrected chi connectivity index (χ0v) is 16.6. The number of carbonyl (C=O) groups excluding carboxylic acids is 2. The molecule has 9 heteroatoms. The van der Waals surface area contributed by atoms with Crippen LogP contribution in [0, 0.1) is 11.8 Å². The van der Waals surface area contributed by atoms with Crippen LogP contribution in [-0.4, -0.2) is 39.1 Å². The number of nitrogens with zero attached hydrogens (tertiary/aromatic N) is 2. The van der Waals surface area contributed by atoms with Gasteiger partial charge in [-0.05, 0) is 25.2 Å². The lowest BCUT2D eigenvalue weighted by molar-refractivity contribution is -0.121. The number of hydrogen-bond donors (Lipinski definition) is 2. The molecule has 1 aliphatic carbocycles. The van der Waals surface area contributed by atoms with Crippen molar-refractivity contribution < 1.29 is 9.59 Å². The maximum absolute atomic E-state index is 12.4. The second-order valence-electron chi connectivity index (χ2n) is 6.23. The van der Waals surface area contributed by atoms with Gasteiger partial charge in [-0.15, -0.1) is 10.2 Å². The minimum atomic E-state index is -0.382. The van der Waals surface area contributed by atoms with Crippen LogP contribution in [0.4, 0.5) is 0 Å². The molecule has 4 unspecified atom stereocenters. The van der Waals surface area contributed by atoms with Gasteiger partial charge in [0.2, 0.25) is 11.8 Å². The molecule has 1 aromatic rings. The van der Waals surface area contributed by atoms with E-state index in [0.717, 1.165) is 10.8 Å². The second-order valence-corrected chi connectivity index (χ2v) is 10.0. The topological polar surface area (TPSA) is 98.0 Å². The van der Waals surface area contributed by atoms with Crippen LogP contribution in [0.15, 0.2) is 8.68 Å². The predicted octanol–water partition coefficient (Wildman–Crippen LogP) is 2.54. The highest BCUT2D eigenvalue weighted by atomic mass is 32.2. The summed E-state index contributed by atoms with van der Waals surface area (Å²) in [6.07, 6.45) is 3.48. The molecule has 2 rings (SSSR count). The van der Waals surface area contributed by atoms with Crippen LogP contribution in [0.25, 0.3) is 0 Å². The third-order valence-electron chi connectivity index (χ3n) is 4.41. The largest absolute Gasteiger partial charge is 0.369 e. The number of primary amides is 1. The third kappa shape index (κ3) is 5.63. The van der Waals surface area contributed by atoms with Crippen molar-refractivity contribution in [2.45, 2.75) is 60.0 Å². The minimum Gasteiger partial charge on any atom is -0.369 e. The first-order valence-corrected chi connectivity index (χ1v) is 10.8. The van der Waals surface area contributed by atoms with Crippen LogP contribution in [0.2, 0.25) is 0 Å². The van der Waals surface area contributed by atoms with E-state index in [9.17, 15) is 9.59 Å². The van der Waals surface area contributed by atoms with Crippen molar-refractivity contribution in [1.82, 2.24) is 15.5 Å². The predicted molar refractivity (Wildman–Crippen MR) is 99.3 cm³/mol. The van der Waals surface area contributed by atoms with Gasteiger partial charge < -0.3 is 11.1 Å². The molecule has 1 aliphatic rings. The standard InChI is InChI=1S/C15H24N4O2S3/c1-8-5-4-6-11(9(8)2)17-13(21)10(3)23-15-19-18-14(24-15)22-7-12(16)20/h8-11H,4-7H2,1-3H3,(H2,16,20)(H,17,21). The molecule has 0 radical (unpaired) electrons. The third-order valence-corrected chi connectivity index (χ3v) is 7.67. The molecule has 1 aromatic heterocycles. The Balaban J connectivity index is 1.84. The van der Waals surface area contributed by atoms with Gasteiger partial charge in [-0.25, -0.2) is 0 Å². The van der Waals surface area contributed by atoms with E-state index in [1.807, 2.05) is 6.92 Å². The maximum Gasteiger partial charge on any atom is 0.233 e. The first-order chi connectivity index (χ1) is 11.4. The van der Waals surface area contributed by atoms with Gasteiger partial charge >= 0.3 is 0 Å². The first-order valence-electron chi connectivity index (χ1n) is 8.08. The van der Waals surface area contributed by atoms with E-state index in [0.29, 0.717) is 16.2 Å². The lowest BCUT2D eigenvalue weighted by Gasteiger charge is -2.35. The molecule has 4 atom stereocenters. The highest BCUT2D eigenvalue weighted by Gasteiger charge is 2.29. The fourth-order valence-corrected chi connectivity index (χ4v) is 5.64. The van der Waals surface area contributed by atoms with Gasteiger partial charge in [0.1, 0.15) is 0 Å². The molecular weight excluding hydrogens is 364 g/mol. The Morgan fingerprint density at radius 3 is 2.75 bits per heavy atom. The van der Waals surface area contributed by atoms with Gasteiger partial charge in [0, 0.05) is 6.04 Å². The van der Waals surface area contributed by atoms with Crippen LogP contribution in [0.1, 0.15) is 40.0 Å². The van der Waals surface area contributed by atoms with Crippen molar-refractivity contribution in [3.8, 4) is 0 Å². The quantitative estimate of drug-likeness (QED) is 0.697. The maximum atomic E-state index is 12.4. The van der Waals surface area contributed by atoms with Gasteiger partial charge in [0.25, 0.3) is 0 Å². The molecule has 0 spiro atoms. The molecule has 24 heavy (non-hydrogen) atoms. The summed E-state index contributed by atoms with van der Waals surface area (Å²) < 4.78 is 1.42. The summed E-state index contributed by atoms with van der Waals surface area (Å²) in [5.74, 6) is 1.02. The number of nitrogens with two attached hydrogens (primary N) is 1. The van der Waals surface area contributed by atoms with Gasteiger partial charge in [0.05, 0.1) is 11.0 Å². The summed E-state index contributed by atoms with van der Waals surface area (Å²) >= 11 is 4.05. The van der Waals surface area contributed by atoms with Crippen molar-refractivity contribution in [2.24, 2.45) is 17.6 Å². The average Bonchev–Trinajstić information content (AvgIpc) is 2.97. The van der Waals surface area contributed by atoms with Gasteiger partial charge in [-0.2, -0.15) is 0 Å². The number of carbonyl (C=O) groups is 2. The fraction of sp³-hybridized carbons (Fsp3) is 0.733. The molecule has 0 aliphatic heterocycles. The Bertz CT molecular complexity index is 581. The Morgan fingerprint density at radius 2 is 2.04 bits per heavy atom. The monoisotopic (exact) mass is 388 g/mol. The molecule has 1 saturated carbocycles. The zero-order valence-electron chi connectivity index (χ0n) is 14.2. The Hall–Kier alpha value is -0.800. The number of aromatic nitrogens is 2. The summed E-state index contributed by atoms with van der Waals surface area (Å²) in [6.45, 7) is 6.36. The van der Waals surface area contributed by atoms with Crippen LogP contribution >= 0.6 is 34.9 Å². The summed E-state index contributed by atoms with van der Waals surface area (Å²) in [5, 5.41) is 11.0. The molecule has 2 amide bonds. The molecule has 134 valence electrons. The van der Waals surface area contributed by atoms with Crippen molar-refractivity contribution in [1.29, 1.82) is 0 Å². The Labute approximate surface area is 155 Å². The van der Waals surface area contributed by atoms with Crippen molar-refractivity contribution >= 4 is 46.7 Å². The summed E-state index contributed by atoms with van der Waals surface area (Å²) in [7, 11) is 0. The smallest absolute Gasteiger partial charge is 0.233 e. The second kappa shape index (κ2) is 9.05. The van der Waals surface area contributed by atoms with Crippen LogP contribution < -0.4 is 11.1 Å². The summed E-state index contributed by atoms with van der Waals surface area (Å²) in [4.78, 5) is 23.2. The lowest BCUT2D eigenvalue weighted by Crippen LogP contribution is -2.46. The van der Waals surface area contributed by atoms with Crippen LogP contribution in [-0.2, 0) is 9.59 Å². The van der Waals surface area contributed by atoms with Crippen molar-refractivity contribution in [3.63, 3.8) is 0 Å². The van der Waals surface area contributed by atoms with Gasteiger partial charge in [-0.3, -0.25) is 9.59 Å². The Kier molecular flexibility index (Phi) is 7.36. The molecule has 1 heterocycles. The van der Waals surface area contributed by atoms with Gasteiger partial charge in [-0.1, -0.05) is 61.5 Å². The van der Waals surface area contributed by atoms with Gasteiger partial charge in [0.15, 0.2) is 8.68 Å². The number of nitrogens with one attached hydrogen (secondary N) is 1. The number of hydrogen-bond acceptors (Lipinski definition) is 7. The molecule has 3 N–H and O–H groups in total. The average molecular weight is 389 g/mol. The first kappa shape index (κ1) is 19.5. The van der Waals surface area contributed by atoms with E-state index >= 15 is 0 Å². The lowest BCUT2D eigenvalue weighted by atomic mass is 9.78. The fourth-order valence-electron chi connectivity index (χ4n) is 2.73. The van der Waals surface area contributed by atoms with Crippen molar-refractivity contribution in [2.75, 3.05) is 5.75 Å². The Morgan fingerprint density at radius 1 is 1.33 bits per heavy atom. The van der Waals surface area contributed by atoms with E-state index < -0.39 is 0 Å². The summed E-state index contributed by atoms with van der Waals surface area (Å²) in [6, 6.07) is 0.264. The van der Waals surface area contributed by atoms with Crippen LogP contribution in [0.3, 0.4) is 0 Å². The van der Waals surface area contributed by atoms with E-state index in [1.165, 1.54) is 47.7 Å². The molecular formula is C15H24N4O2S3. The molecule has 0 bridgehead atoms. The van der Waals surface area contributed by atoms with E-state index in [2.05, 4.69) is 29.4 Å². The minimum absolute atomic E-state index is 0.0486. The van der Waals surface area contributed by atoms with E-state index in [4.69, 9.17) is 5.73 Å². The van der Waals surface area contributed by atoms with Crippen molar-refractivity contribution in [3.05, 3.63) is 0 Å². The number of thioether (sulfide) groups is 2. The van der Waals surface area contributed by atoms with E-state index in [-0.39, 0.29) is 28.9 Å². The number of rotatable bonds is 7. The zero-order chi connectivity index (χ0) is 17.7. The van der Waals surface area contributed by atoms with E-state index in [1.54, 1.807) is 0 Å². The SMILES string of the molecule is CC(Sc1nnc(SCC(N)=O)s1)C(=O)NC1CCCC(C)C1C. The molecule has 0 saturated heterocycles. The highest BCUT2D eigenvalue weighted by Crippen LogP contribution is 2.32. The number of amides is 2. The normalized spacial score (nSPS) is 25.2.